The van der Waals surface area contributed by atoms with Crippen LogP contribution in [0.25, 0.3) is 0 Å². The number of Topliss-reactive ketones (excluding diaryl/α,β-unsaturated/α-hetero) is 1. The zero-order chi connectivity index (χ0) is 12.3. The van der Waals surface area contributed by atoms with E-state index >= 15 is 0 Å². The van der Waals surface area contributed by atoms with Gasteiger partial charge in [0.25, 0.3) is 0 Å². The van der Waals surface area contributed by atoms with Crippen molar-refractivity contribution in [3.05, 3.63) is 21.9 Å². The zero-order valence-electron chi connectivity index (χ0n) is 10.4. The predicted octanol–water partition coefficient (Wildman–Crippen LogP) is 2.35. The lowest BCUT2D eigenvalue weighted by atomic mass is 10.1. The summed E-state index contributed by atoms with van der Waals surface area (Å²) in [6.07, 6.45) is 1.04. The lowest BCUT2D eigenvalue weighted by Gasteiger charge is -2.34. The van der Waals surface area contributed by atoms with E-state index in [2.05, 4.69) is 11.8 Å². The third-order valence-electron chi connectivity index (χ3n) is 3.18. The van der Waals surface area contributed by atoms with Crippen molar-refractivity contribution in [3.8, 4) is 0 Å². The van der Waals surface area contributed by atoms with Gasteiger partial charge in [-0.05, 0) is 25.5 Å². The monoisotopic (exact) mass is 253 g/mol. The van der Waals surface area contributed by atoms with E-state index in [0.29, 0.717) is 12.6 Å². The summed E-state index contributed by atoms with van der Waals surface area (Å²) in [4.78, 5) is 16.4. The van der Waals surface area contributed by atoms with E-state index < -0.39 is 0 Å². The van der Waals surface area contributed by atoms with Gasteiger partial charge >= 0.3 is 0 Å². The first kappa shape index (κ1) is 12.7. The molecule has 0 spiro atoms. The fourth-order valence-corrected chi connectivity index (χ4v) is 2.92. The molecule has 1 aliphatic heterocycles. The molecule has 0 bridgehead atoms. The first-order valence-electron chi connectivity index (χ1n) is 6.12. The van der Waals surface area contributed by atoms with E-state index in [1.54, 1.807) is 11.3 Å². The van der Waals surface area contributed by atoms with Crippen molar-refractivity contribution < 1.29 is 9.53 Å². The van der Waals surface area contributed by atoms with Crippen LogP contribution in [0.2, 0.25) is 0 Å². The van der Waals surface area contributed by atoms with E-state index in [1.807, 2.05) is 19.1 Å². The highest BCUT2D eigenvalue weighted by Crippen LogP contribution is 2.17. The Kier molecular flexibility index (Phi) is 4.31. The van der Waals surface area contributed by atoms with Crippen LogP contribution in [0.15, 0.2) is 12.1 Å². The van der Waals surface area contributed by atoms with Crippen LogP contribution in [-0.4, -0.2) is 43.0 Å². The van der Waals surface area contributed by atoms with Crippen LogP contribution in [-0.2, 0) is 4.74 Å². The van der Waals surface area contributed by atoms with Crippen molar-refractivity contribution in [2.24, 2.45) is 0 Å². The Balaban J connectivity index is 1.97. The minimum absolute atomic E-state index is 0.239. The number of rotatable bonds is 4. The maximum atomic E-state index is 12.1. The Hall–Kier alpha value is -0.710. The molecule has 3 nitrogen and oxygen atoms in total. The first-order chi connectivity index (χ1) is 8.20. The Labute approximate surface area is 106 Å². The molecule has 4 heteroatoms. The molecular formula is C13H19NO2S. The Morgan fingerprint density at radius 3 is 3.06 bits per heavy atom. The van der Waals surface area contributed by atoms with Gasteiger partial charge in [-0.2, -0.15) is 0 Å². The standard InChI is InChI=1S/C13H19NO2S/c1-3-11-9-16-7-6-14(11)8-12(15)13-5-4-10(2)17-13/h4-5,11H,3,6-9H2,1-2H3. The Morgan fingerprint density at radius 1 is 1.59 bits per heavy atom. The van der Waals surface area contributed by atoms with Gasteiger partial charge in [0.05, 0.1) is 24.6 Å². The highest BCUT2D eigenvalue weighted by atomic mass is 32.1. The smallest absolute Gasteiger partial charge is 0.186 e. The first-order valence-corrected chi connectivity index (χ1v) is 6.93. The summed E-state index contributed by atoms with van der Waals surface area (Å²) in [6, 6.07) is 4.34. The van der Waals surface area contributed by atoms with E-state index in [-0.39, 0.29) is 5.78 Å². The van der Waals surface area contributed by atoms with Crippen molar-refractivity contribution >= 4 is 17.1 Å². The third kappa shape index (κ3) is 3.15. The number of aryl methyl sites for hydroxylation is 1. The molecule has 2 heterocycles. The average molecular weight is 253 g/mol. The maximum Gasteiger partial charge on any atom is 0.186 e. The largest absolute Gasteiger partial charge is 0.378 e. The highest BCUT2D eigenvalue weighted by Gasteiger charge is 2.24. The molecule has 0 amide bonds. The lowest BCUT2D eigenvalue weighted by molar-refractivity contribution is -0.00579. The molecule has 0 aromatic carbocycles. The van der Waals surface area contributed by atoms with Crippen molar-refractivity contribution in [3.63, 3.8) is 0 Å². The molecule has 1 saturated heterocycles. The van der Waals surface area contributed by atoms with Crippen LogP contribution in [0, 0.1) is 6.92 Å². The van der Waals surface area contributed by atoms with E-state index in [0.717, 1.165) is 31.1 Å². The molecule has 1 aliphatic rings. The average Bonchev–Trinajstić information content (AvgIpc) is 2.77. The molecule has 94 valence electrons. The number of nitrogens with zero attached hydrogens (tertiary/aromatic N) is 1. The zero-order valence-corrected chi connectivity index (χ0v) is 11.3. The second kappa shape index (κ2) is 5.76. The van der Waals surface area contributed by atoms with Gasteiger partial charge in [-0.3, -0.25) is 9.69 Å². The van der Waals surface area contributed by atoms with Gasteiger partial charge in [0.1, 0.15) is 0 Å². The van der Waals surface area contributed by atoms with Gasteiger partial charge in [-0.1, -0.05) is 6.92 Å². The number of hydrogen-bond acceptors (Lipinski definition) is 4. The molecule has 0 N–H and O–H groups in total. The fourth-order valence-electron chi connectivity index (χ4n) is 2.12. The minimum Gasteiger partial charge on any atom is -0.378 e. The Bertz CT molecular complexity index is 389. The molecule has 0 radical (unpaired) electrons. The second-order valence-electron chi connectivity index (χ2n) is 4.44. The van der Waals surface area contributed by atoms with Crippen molar-refractivity contribution in [2.45, 2.75) is 26.3 Å². The van der Waals surface area contributed by atoms with Crippen molar-refractivity contribution in [2.75, 3.05) is 26.3 Å². The number of ether oxygens (including phenoxy) is 1. The summed E-state index contributed by atoms with van der Waals surface area (Å²) in [5.41, 5.74) is 0. The summed E-state index contributed by atoms with van der Waals surface area (Å²) < 4.78 is 5.44. The van der Waals surface area contributed by atoms with Gasteiger partial charge in [0.15, 0.2) is 5.78 Å². The van der Waals surface area contributed by atoms with E-state index in [4.69, 9.17) is 4.74 Å². The number of hydrogen-bond donors (Lipinski definition) is 0. The number of carbonyl (C=O) groups is 1. The van der Waals surface area contributed by atoms with E-state index in [1.165, 1.54) is 4.88 Å². The SMILES string of the molecule is CCC1COCCN1CC(=O)c1ccc(C)s1. The predicted molar refractivity (Wildman–Crippen MR) is 69.9 cm³/mol. The quantitative estimate of drug-likeness (QED) is 0.771. The summed E-state index contributed by atoms with van der Waals surface area (Å²) in [5, 5.41) is 0. The van der Waals surface area contributed by atoms with Crippen molar-refractivity contribution in [1.29, 1.82) is 0 Å². The molecule has 2 rings (SSSR count). The summed E-state index contributed by atoms with van der Waals surface area (Å²) >= 11 is 1.59. The molecule has 0 aliphatic carbocycles. The molecule has 0 saturated carbocycles. The summed E-state index contributed by atoms with van der Waals surface area (Å²) in [5.74, 6) is 0.239. The normalized spacial score (nSPS) is 21.6. The van der Waals surface area contributed by atoms with Crippen LogP contribution < -0.4 is 0 Å². The van der Waals surface area contributed by atoms with Crippen LogP contribution in [0.4, 0.5) is 0 Å². The maximum absolute atomic E-state index is 12.1. The minimum atomic E-state index is 0.239. The number of carbonyl (C=O) groups excluding carboxylic acids is 1. The van der Waals surface area contributed by atoms with Crippen LogP contribution in [0.5, 0.6) is 0 Å². The molecule has 1 aromatic heterocycles. The molecule has 1 atom stereocenters. The Morgan fingerprint density at radius 2 is 2.41 bits per heavy atom. The summed E-state index contributed by atoms with van der Waals surface area (Å²) in [6.45, 7) is 7.08. The van der Waals surface area contributed by atoms with Crippen LogP contribution in [0.1, 0.15) is 27.9 Å². The van der Waals surface area contributed by atoms with Crippen molar-refractivity contribution in [1.82, 2.24) is 4.90 Å². The highest BCUT2D eigenvalue weighted by molar-refractivity contribution is 7.14. The van der Waals surface area contributed by atoms with E-state index in [9.17, 15) is 4.79 Å². The van der Waals surface area contributed by atoms with Gasteiger partial charge < -0.3 is 4.74 Å². The summed E-state index contributed by atoms with van der Waals surface area (Å²) in [7, 11) is 0. The molecule has 1 fully saturated rings. The van der Waals surface area contributed by atoms with Gasteiger partial charge in [-0.15, -0.1) is 11.3 Å². The van der Waals surface area contributed by atoms with Gasteiger partial charge in [0, 0.05) is 17.5 Å². The third-order valence-corrected chi connectivity index (χ3v) is 4.22. The fraction of sp³-hybridized carbons (Fsp3) is 0.615. The molecule has 1 unspecified atom stereocenters. The van der Waals surface area contributed by atoms with Crippen LogP contribution >= 0.6 is 11.3 Å². The lowest BCUT2D eigenvalue weighted by Crippen LogP contribution is -2.47. The topological polar surface area (TPSA) is 29.5 Å². The number of thiophene rings is 1. The van der Waals surface area contributed by atoms with Crippen LogP contribution in [0.3, 0.4) is 0 Å². The van der Waals surface area contributed by atoms with Gasteiger partial charge in [-0.25, -0.2) is 0 Å². The number of ketones is 1. The molecule has 17 heavy (non-hydrogen) atoms. The molecule has 1 aromatic rings. The second-order valence-corrected chi connectivity index (χ2v) is 5.73. The molecular weight excluding hydrogens is 234 g/mol. The van der Waals surface area contributed by atoms with Gasteiger partial charge in [0.2, 0.25) is 0 Å². The number of morpholine rings is 1.